The summed E-state index contributed by atoms with van der Waals surface area (Å²) >= 11 is 8.15. The molecule has 0 saturated carbocycles. The lowest BCUT2D eigenvalue weighted by atomic mass is 10.6. The molecule has 2 N–H and O–H groups in total. The summed E-state index contributed by atoms with van der Waals surface area (Å²) < 4.78 is 2.05. The van der Waals surface area contributed by atoms with Gasteiger partial charge in [-0.1, -0.05) is 0 Å². The summed E-state index contributed by atoms with van der Waals surface area (Å²) in [5.41, 5.74) is 6.27. The highest BCUT2D eigenvalue weighted by Crippen LogP contribution is 2.33. The Balaban J connectivity index is 3.14. The molecule has 0 radical (unpaired) electrons. The Morgan fingerprint density at radius 3 is 2.25 bits per heavy atom. The molecule has 0 aliphatic heterocycles. The predicted octanol–water partition coefficient (Wildman–Crippen LogP) is 2.86. The fraction of sp³-hybridized carbons (Fsp3) is 0. The molecule has 1 aromatic heterocycles. The van der Waals surface area contributed by atoms with Crippen LogP contribution in [0.5, 0.6) is 0 Å². The quantitative estimate of drug-likeness (QED) is 0.759. The summed E-state index contributed by atoms with van der Waals surface area (Å²) in [6.45, 7) is 0. The number of rotatable bonds is 0. The Hall–Kier alpha value is 0.460. The molecule has 1 rings (SSSR count). The SMILES string of the molecule is Nc1cc(Br)sc1Br. The molecule has 0 aliphatic rings. The first-order valence-electron chi connectivity index (χ1n) is 1.90. The van der Waals surface area contributed by atoms with Crippen LogP contribution in [0.1, 0.15) is 0 Å². The van der Waals surface area contributed by atoms with Gasteiger partial charge in [-0.2, -0.15) is 0 Å². The average Bonchev–Trinajstić information content (AvgIpc) is 1.85. The van der Waals surface area contributed by atoms with Crippen molar-refractivity contribution in [2.24, 2.45) is 0 Å². The number of hydrogen-bond donors (Lipinski definition) is 1. The average molecular weight is 257 g/mol. The Kier molecular flexibility index (Phi) is 1.95. The van der Waals surface area contributed by atoms with Crippen LogP contribution in [-0.4, -0.2) is 0 Å². The summed E-state index contributed by atoms with van der Waals surface area (Å²) in [5.74, 6) is 0. The second-order valence-corrected chi connectivity index (χ2v) is 5.03. The van der Waals surface area contributed by atoms with Crippen molar-refractivity contribution in [3.05, 3.63) is 13.6 Å². The summed E-state index contributed by atoms with van der Waals surface area (Å²) in [7, 11) is 0. The van der Waals surface area contributed by atoms with Crippen LogP contribution in [0.3, 0.4) is 0 Å². The van der Waals surface area contributed by atoms with Crippen molar-refractivity contribution in [2.45, 2.75) is 0 Å². The van der Waals surface area contributed by atoms with Gasteiger partial charge < -0.3 is 5.73 Å². The highest BCUT2D eigenvalue weighted by molar-refractivity contribution is 9.12. The maximum Gasteiger partial charge on any atom is 0.0939 e. The van der Waals surface area contributed by atoms with Gasteiger partial charge >= 0.3 is 0 Å². The molecule has 0 aliphatic carbocycles. The fourth-order valence-corrected chi connectivity index (χ4v) is 2.91. The highest BCUT2D eigenvalue weighted by atomic mass is 79.9. The molecule has 0 fully saturated rings. The highest BCUT2D eigenvalue weighted by Gasteiger charge is 1.97. The molecule has 0 saturated heterocycles. The van der Waals surface area contributed by atoms with E-state index in [1.807, 2.05) is 6.07 Å². The third-order valence-corrected chi connectivity index (χ3v) is 3.07. The van der Waals surface area contributed by atoms with E-state index in [0.29, 0.717) is 0 Å². The van der Waals surface area contributed by atoms with E-state index in [9.17, 15) is 0 Å². The maximum atomic E-state index is 5.47. The zero-order chi connectivity index (χ0) is 6.15. The van der Waals surface area contributed by atoms with Crippen molar-refractivity contribution >= 4 is 48.9 Å². The fourth-order valence-electron chi connectivity index (χ4n) is 0.353. The number of hydrogen-bond acceptors (Lipinski definition) is 2. The van der Waals surface area contributed by atoms with Gasteiger partial charge in [-0.25, -0.2) is 0 Å². The van der Waals surface area contributed by atoms with Crippen LogP contribution in [0, 0.1) is 0 Å². The molecule has 0 aromatic carbocycles. The Bertz CT molecular complexity index is 176. The van der Waals surface area contributed by atoms with Crippen molar-refractivity contribution in [1.82, 2.24) is 0 Å². The number of thiophene rings is 1. The second kappa shape index (κ2) is 2.37. The smallest absolute Gasteiger partial charge is 0.0939 e. The molecule has 1 heterocycles. The zero-order valence-electron chi connectivity index (χ0n) is 3.82. The molecule has 0 bridgehead atoms. The topological polar surface area (TPSA) is 26.0 Å². The van der Waals surface area contributed by atoms with Gasteiger partial charge in [0.15, 0.2) is 0 Å². The van der Waals surface area contributed by atoms with Crippen molar-refractivity contribution in [2.75, 3.05) is 5.73 Å². The van der Waals surface area contributed by atoms with E-state index in [2.05, 4.69) is 31.9 Å². The Morgan fingerprint density at radius 2 is 2.12 bits per heavy atom. The first-order chi connectivity index (χ1) is 3.70. The minimum absolute atomic E-state index is 0.793. The van der Waals surface area contributed by atoms with Crippen LogP contribution in [0.4, 0.5) is 5.69 Å². The number of anilines is 1. The molecule has 1 aromatic rings. The molecule has 0 atom stereocenters. The van der Waals surface area contributed by atoms with E-state index < -0.39 is 0 Å². The van der Waals surface area contributed by atoms with Crippen LogP contribution in [0.15, 0.2) is 13.6 Å². The number of nitrogens with two attached hydrogens (primary N) is 1. The minimum Gasteiger partial charge on any atom is -0.397 e. The van der Waals surface area contributed by atoms with Gasteiger partial charge in [0.2, 0.25) is 0 Å². The van der Waals surface area contributed by atoms with Crippen LogP contribution in [0.25, 0.3) is 0 Å². The van der Waals surface area contributed by atoms with Gasteiger partial charge in [-0.05, 0) is 37.9 Å². The van der Waals surface area contributed by atoms with Crippen LogP contribution in [-0.2, 0) is 0 Å². The standard InChI is InChI=1S/C4H3Br2NS/c5-3-1-2(7)4(6)8-3/h1H,7H2. The lowest BCUT2D eigenvalue weighted by molar-refractivity contribution is 1.83. The minimum atomic E-state index is 0.793. The number of halogens is 2. The van der Waals surface area contributed by atoms with Crippen molar-refractivity contribution in [3.63, 3.8) is 0 Å². The summed E-state index contributed by atoms with van der Waals surface area (Å²) in [4.78, 5) is 0. The summed E-state index contributed by atoms with van der Waals surface area (Å²) in [6, 6.07) is 1.87. The van der Waals surface area contributed by atoms with E-state index in [-0.39, 0.29) is 0 Å². The third-order valence-electron chi connectivity index (χ3n) is 0.683. The molecule has 0 amide bonds. The largest absolute Gasteiger partial charge is 0.397 e. The van der Waals surface area contributed by atoms with Crippen LogP contribution >= 0.6 is 43.2 Å². The Labute approximate surface area is 68.1 Å². The van der Waals surface area contributed by atoms with Gasteiger partial charge in [-0.3, -0.25) is 0 Å². The molecule has 4 heteroatoms. The number of nitrogen functional groups attached to an aromatic ring is 1. The Morgan fingerprint density at radius 1 is 1.50 bits per heavy atom. The summed E-state index contributed by atoms with van der Waals surface area (Å²) in [6.07, 6.45) is 0. The zero-order valence-corrected chi connectivity index (χ0v) is 7.81. The van der Waals surface area contributed by atoms with Gasteiger partial charge in [0.25, 0.3) is 0 Å². The monoisotopic (exact) mass is 255 g/mol. The van der Waals surface area contributed by atoms with E-state index in [1.54, 1.807) is 11.3 Å². The first kappa shape index (κ1) is 6.58. The molecule has 1 nitrogen and oxygen atoms in total. The third kappa shape index (κ3) is 1.24. The maximum absolute atomic E-state index is 5.47. The van der Waals surface area contributed by atoms with E-state index in [1.165, 1.54) is 0 Å². The first-order valence-corrected chi connectivity index (χ1v) is 4.30. The second-order valence-electron chi connectivity index (χ2n) is 1.28. The molecule has 8 heavy (non-hydrogen) atoms. The lowest BCUT2D eigenvalue weighted by Crippen LogP contribution is -1.77. The molecule has 44 valence electrons. The van der Waals surface area contributed by atoms with Crippen LogP contribution in [0.2, 0.25) is 0 Å². The van der Waals surface area contributed by atoms with E-state index in [0.717, 1.165) is 13.3 Å². The molecular formula is C4H3Br2NS. The molecular weight excluding hydrogens is 254 g/mol. The van der Waals surface area contributed by atoms with E-state index in [4.69, 9.17) is 5.73 Å². The summed E-state index contributed by atoms with van der Waals surface area (Å²) in [5, 5.41) is 0. The lowest BCUT2D eigenvalue weighted by Gasteiger charge is -1.78. The van der Waals surface area contributed by atoms with Crippen molar-refractivity contribution in [1.29, 1.82) is 0 Å². The normalized spacial score (nSPS) is 9.75. The molecule has 0 unspecified atom stereocenters. The van der Waals surface area contributed by atoms with Gasteiger partial charge in [0, 0.05) is 0 Å². The molecule has 0 spiro atoms. The van der Waals surface area contributed by atoms with Crippen LogP contribution < -0.4 is 5.73 Å². The van der Waals surface area contributed by atoms with Crippen molar-refractivity contribution in [3.8, 4) is 0 Å². The van der Waals surface area contributed by atoms with Gasteiger partial charge in [0.05, 0.1) is 13.3 Å². The predicted molar refractivity (Wildman–Crippen MR) is 44.1 cm³/mol. The van der Waals surface area contributed by atoms with Gasteiger partial charge in [-0.15, -0.1) is 11.3 Å². The van der Waals surface area contributed by atoms with Gasteiger partial charge in [0.1, 0.15) is 0 Å². The van der Waals surface area contributed by atoms with E-state index >= 15 is 0 Å². The van der Waals surface area contributed by atoms with Crippen molar-refractivity contribution < 1.29 is 0 Å².